The summed E-state index contributed by atoms with van der Waals surface area (Å²) in [6.07, 6.45) is 3.55. The second-order valence-electron chi connectivity index (χ2n) is 3.67. The largest absolute Gasteiger partial charge is 0.489 e. The minimum absolute atomic E-state index is 0.526. The van der Waals surface area contributed by atoms with Crippen molar-refractivity contribution in [1.29, 1.82) is 0 Å². The summed E-state index contributed by atoms with van der Waals surface area (Å²) in [6, 6.07) is 9.51. The molecule has 0 spiro atoms. The first-order valence-electron chi connectivity index (χ1n) is 5.13. The monoisotopic (exact) mass is 214 g/mol. The Morgan fingerprint density at radius 1 is 1.31 bits per heavy atom. The van der Waals surface area contributed by atoms with E-state index in [1.807, 2.05) is 37.3 Å². The lowest BCUT2D eigenvalue weighted by atomic mass is 10.2. The Kier molecular flexibility index (Phi) is 3.05. The van der Waals surface area contributed by atoms with E-state index in [9.17, 15) is 0 Å². The third-order valence-corrected chi connectivity index (χ3v) is 2.32. The molecular formula is C13H14N2O. The number of benzene rings is 1. The molecule has 0 saturated carbocycles. The topological polar surface area (TPSA) is 48.1 Å². The predicted octanol–water partition coefficient (Wildman–Crippen LogP) is 2.55. The molecule has 0 radical (unpaired) electrons. The van der Waals surface area contributed by atoms with Crippen molar-refractivity contribution in [3.05, 3.63) is 53.9 Å². The standard InChI is InChI=1S/C13H14N2O/c1-10-7-12(14)4-5-13(10)16-9-11-3-2-6-15-8-11/h2-8H,9,14H2,1H3. The molecule has 1 aromatic carbocycles. The van der Waals surface area contributed by atoms with Crippen LogP contribution in [0.4, 0.5) is 5.69 Å². The number of aryl methyl sites for hydroxylation is 1. The molecule has 82 valence electrons. The normalized spacial score (nSPS) is 10.1. The Bertz CT molecular complexity index is 469. The number of aromatic nitrogens is 1. The van der Waals surface area contributed by atoms with Gasteiger partial charge in [-0.05, 0) is 36.8 Å². The molecule has 3 nitrogen and oxygen atoms in total. The van der Waals surface area contributed by atoms with Crippen molar-refractivity contribution in [1.82, 2.24) is 4.98 Å². The number of hydrogen-bond acceptors (Lipinski definition) is 3. The number of nitrogens with two attached hydrogens (primary N) is 1. The van der Waals surface area contributed by atoms with Gasteiger partial charge in [0.1, 0.15) is 12.4 Å². The van der Waals surface area contributed by atoms with Crippen LogP contribution in [0, 0.1) is 6.92 Å². The van der Waals surface area contributed by atoms with Gasteiger partial charge in [0, 0.05) is 23.6 Å². The van der Waals surface area contributed by atoms with Gasteiger partial charge in [0.25, 0.3) is 0 Å². The summed E-state index contributed by atoms with van der Waals surface area (Å²) in [5.41, 5.74) is 8.52. The van der Waals surface area contributed by atoms with E-state index in [-0.39, 0.29) is 0 Å². The SMILES string of the molecule is Cc1cc(N)ccc1OCc1cccnc1. The van der Waals surface area contributed by atoms with E-state index < -0.39 is 0 Å². The van der Waals surface area contributed by atoms with Gasteiger partial charge in [-0.15, -0.1) is 0 Å². The van der Waals surface area contributed by atoms with Crippen LogP contribution in [0.5, 0.6) is 5.75 Å². The first kappa shape index (κ1) is 10.5. The second-order valence-corrected chi connectivity index (χ2v) is 3.67. The van der Waals surface area contributed by atoms with Crippen molar-refractivity contribution in [2.45, 2.75) is 13.5 Å². The molecule has 0 atom stereocenters. The zero-order valence-corrected chi connectivity index (χ0v) is 9.18. The molecule has 0 fully saturated rings. The molecule has 2 aromatic rings. The number of hydrogen-bond donors (Lipinski definition) is 1. The van der Waals surface area contributed by atoms with Crippen molar-refractivity contribution in [2.24, 2.45) is 0 Å². The second kappa shape index (κ2) is 4.66. The minimum atomic E-state index is 0.526. The van der Waals surface area contributed by atoms with Crippen molar-refractivity contribution in [3.63, 3.8) is 0 Å². The third-order valence-electron chi connectivity index (χ3n) is 2.32. The molecule has 0 saturated heterocycles. The van der Waals surface area contributed by atoms with Crippen LogP contribution in [0.25, 0.3) is 0 Å². The lowest BCUT2D eigenvalue weighted by molar-refractivity contribution is 0.303. The predicted molar refractivity (Wildman–Crippen MR) is 64.2 cm³/mol. The van der Waals surface area contributed by atoms with E-state index in [1.165, 1.54) is 0 Å². The van der Waals surface area contributed by atoms with Gasteiger partial charge >= 0.3 is 0 Å². The smallest absolute Gasteiger partial charge is 0.122 e. The van der Waals surface area contributed by atoms with Gasteiger partial charge in [-0.25, -0.2) is 0 Å². The van der Waals surface area contributed by atoms with Gasteiger partial charge in [0.15, 0.2) is 0 Å². The highest BCUT2D eigenvalue weighted by Gasteiger charge is 2.00. The number of ether oxygens (including phenoxy) is 1. The number of nitrogen functional groups attached to an aromatic ring is 1. The Labute approximate surface area is 94.9 Å². The van der Waals surface area contributed by atoms with Gasteiger partial charge < -0.3 is 10.5 Å². The molecule has 0 aliphatic rings. The average molecular weight is 214 g/mol. The van der Waals surface area contributed by atoms with Gasteiger partial charge in [0.05, 0.1) is 0 Å². The summed E-state index contributed by atoms with van der Waals surface area (Å²) < 4.78 is 5.68. The van der Waals surface area contributed by atoms with Crippen LogP contribution in [0.1, 0.15) is 11.1 Å². The highest BCUT2D eigenvalue weighted by molar-refractivity contribution is 5.47. The summed E-state index contributed by atoms with van der Waals surface area (Å²) in [4.78, 5) is 4.03. The van der Waals surface area contributed by atoms with E-state index in [1.54, 1.807) is 12.4 Å². The molecule has 0 aliphatic carbocycles. The van der Waals surface area contributed by atoms with Gasteiger partial charge in [0.2, 0.25) is 0 Å². The van der Waals surface area contributed by atoms with Crippen LogP contribution in [0.2, 0.25) is 0 Å². The zero-order chi connectivity index (χ0) is 11.4. The first-order chi connectivity index (χ1) is 7.75. The molecule has 1 heterocycles. The van der Waals surface area contributed by atoms with Crippen LogP contribution in [-0.4, -0.2) is 4.98 Å². The Morgan fingerprint density at radius 3 is 2.88 bits per heavy atom. The fourth-order valence-corrected chi connectivity index (χ4v) is 1.48. The summed E-state index contributed by atoms with van der Waals surface area (Å²) in [7, 11) is 0. The quantitative estimate of drug-likeness (QED) is 0.799. The van der Waals surface area contributed by atoms with Gasteiger partial charge in [-0.2, -0.15) is 0 Å². The molecule has 2 rings (SSSR count). The molecular weight excluding hydrogens is 200 g/mol. The molecule has 0 unspecified atom stereocenters. The summed E-state index contributed by atoms with van der Waals surface area (Å²) in [5, 5.41) is 0. The summed E-state index contributed by atoms with van der Waals surface area (Å²) in [5.74, 6) is 0.859. The molecule has 0 amide bonds. The Hall–Kier alpha value is -2.03. The average Bonchev–Trinajstić information content (AvgIpc) is 2.29. The van der Waals surface area contributed by atoms with E-state index in [0.29, 0.717) is 6.61 Å². The van der Waals surface area contributed by atoms with E-state index in [0.717, 1.165) is 22.6 Å². The molecule has 0 aliphatic heterocycles. The maximum absolute atomic E-state index is 5.68. The molecule has 2 N–H and O–H groups in total. The molecule has 0 bridgehead atoms. The highest BCUT2D eigenvalue weighted by atomic mass is 16.5. The van der Waals surface area contributed by atoms with Crippen molar-refractivity contribution >= 4 is 5.69 Å². The van der Waals surface area contributed by atoms with Crippen LogP contribution < -0.4 is 10.5 Å². The lowest BCUT2D eigenvalue weighted by Gasteiger charge is -2.09. The fraction of sp³-hybridized carbons (Fsp3) is 0.154. The minimum Gasteiger partial charge on any atom is -0.489 e. The van der Waals surface area contributed by atoms with Crippen molar-refractivity contribution < 1.29 is 4.74 Å². The highest BCUT2D eigenvalue weighted by Crippen LogP contribution is 2.21. The van der Waals surface area contributed by atoms with E-state index >= 15 is 0 Å². The maximum Gasteiger partial charge on any atom is 0.122 e. The van der Waals surface area contributed by atoms with Crippen LogP contribution >= 0.6 is 0 Å². The molecule has 3 heteroatoms. The lowest BCUT2D eigenvalue weighted by Crippen LogP contribution is -1.98. The Morgan fingerprint density at radius 2 is 2.19 bits per heavy atom. The van der Waals surface area contributed by atoms with Crippen molar-refractivity contribution in [2.75, 3.05) is 5.73 Å². The van der Waals surface area contributed by atoms with Crippen LogP contribution in [0.3, 0.4) is 0 Å². The molecule has 16 heavy (non-hydrogen) atoms. The number of anilines is 1. The summed E-state index contributed by atoms with van der Waals surface area (Å²) in [6.45, 7) is 2.51. The fourth-order valence-electron chi connectivity index (χ4n) is 1.48. The van der Waals surface area contributed by atoms with Gasteiger partial charge in [-0.3, -0.25) is 4.98 Å². The third kappa shape index (κ3) is 2.51. The van der Waals surface area contributed by atoms with E-state index in [4.69, 9.17) is 10.5 Å². The number of pyridine rings is 1. The number of rotatable bonds is 3. The van der Waals surface area contributed by atoms with E-state index in [2.05, 4.69) is 4.98 Å². The number of nitrogens with zero attached hydrogens (tertiary/aromatic N) is 1. The van der Waals surface area contributed by atoms with Crippen molar-refractivity contribution in [3.8, 4) is 5.75 Å². The zero-order valence-electron chi connectivity index (χ0n) is 9.18. The Balaban J connectivity index is 2.05. The van der Waals surface area contributed by atoms with Crippen LogP contribution in [0.15, 0.2) is 42.7 Å². The summed E-state index contributed by atoms with van der Waals surface area (Å²) >= 11 is 0. The molecule has 1 aromatic heterocycles. The first-order valence-corrected chi connectivity index (χ1v) is 5.13. The van der Waals surface area contributed by atoms with Gasteiger partial charge in [-0.1, -0.05) is 6.07 Å². The van der Waals surface area contributed by atoms with Crippen LogP contribution in [-0.2, 0) is 6.61 Å². The maximum atomic E-state index is 5.68.